The number of aryl methyl sites for hydroxylation is 1. The molecule has 1 aromatic carbocycles. The fourth-order valence-corrected chi connectivity index (χ4v) is 4.68. The minimum absolute atomic E-state index is 0.123. The second kappa shape index (κ2) is 10.2. The highest BCUT2D eigenvalue weighted by Crippen LogP contribution is 2.27. The van der Waals surface area contributed by atoms with Gasteiger partial charge in [-0.05, 0) is 44.7 Å². The van der Waals surface area contributed by atoms with E-state index in [1.807, 2.05) is 36.7 Å². The average molecular weight is 459 g/mol. The molecule has 0 bridgehead atoms. The molecule has 2 aromatic rings. The maximum absolute atomic E-state index is 13.1. The predicted molar refractivity (Wildman–Crippen MR) is 123 cm³/mol. The summed E-state index contributed by atoms with van der Waals surface area (Å²) in [7, 11) is 1.42. The summed E-state index contributed by atoms with van der Waals surface area (Å²) >= 11 is 1.60. The lowest BCUT2D eigenvalue weighted by Crippen LogP contribution is -2.59. The molecule has 1 aliphatic rings. The molecule has 2 heterocycles. The van der Waals surface area contributed by atoms with Gasteiger partial charge in [0.2, 0.25) is 17.7 Å². The molecular weight excluding hydrogens is 428 g/mol. The van der Waals surface area contributed by atoms with E-state index in [9.17, 15) is 14.4 Å². The molecule has 0 radical (unpaired) electrons. The van der Waals surface area contributed by atoms with Gasteiger partial charge in [0.1, 0.15) is 18.2 Å². The Labute approximate surface area is 192 Å². The normalized spacial score (nSPS) is 16.1. The van der Waals surface area contributed by atoms with Gasteiger partial charge < -0.3 is 20.3 Å². The highest BCUT2D eigenvalue weighted by molar-refractivity contribution is 7.13. The van der Waals surface area contributed by atoms with E-state index in [-0.39, 0.29) is 24.3 Å². The van der Waals surface area contributed by atoms with E-state index < -0.39 is 11.6 Å². The number of likely N-dealkylation sites (tertiary alicyclic amines) is 1. The van der Waals surface area contributed by atoms with Gasteiger partial charge in [0.25, 0.3) is 0 Å². The molecule has 3 amide bonds. The lowest BCUT2D eigenvalue weighted by Gasteiger charge is -2.33. The Morgan fingerprint density at radius 3 is 2.59 bits per heavy atom. The number of benzene rings is 1. The second-order valence-corrected chi connectivity index (χ2v) is 9.30. The van der Waals surface area contributed by atoms with Crippen molar-refractivity contribution in [3.8, 4) is 10.4 Å². The molecule has 1 atom stereocenters. The van der Waals surface area contributed by atoms with Crippen LogP contribution in [0.4, 0.5) is 0 Å². The molecule has 9 heteroatoms. The van der Waals surface area contributed by atoms with Crippen LogP contribution >= 0.6 is 11.3 Å². The Kier molecular flexibility index (Phi) is 7.63. The van der Waals surface area contributed by atoms with Gasteiger partial charge in [-0.1, -0.05) is 24.3 Å². The minimum atomic E-state index is -1.12. The van der Waals surface area contributed by atoms with Crippen LogP contribution in [-0.2, 0) is 25.7 Å². The van der Waals surface area contributed by atoms with E-state index in [0.29, 0.717) is 19.5 Å². The first-order valence-corrected chi connectivity index (χ1v) is 11.5. The summed E-state index contributed by atoms with van der Waals surface area (Å²) in [5.74, 6) is -0.829. The average Bonchev–Trinajstić information content (AvgIpc) is 3.40. The highest BCUT2D eigenvalue weighted by atomic mass is 32.1. The van der Waals surface area contributed by atoms with E-state index in [0.717, 1.165) is 28.1 Å². The number of methoxy groups -OCH3 is 1. The van der Waals surface area contributed by atoms with Gasteiger partial charge in [0.15, 0.2) is 0 Å². The van der Waals surface area contributed by atoms with Crippen molar-refractivity contribution in [2.75, 3.05) is 20.3 Å². The molecule has 2 N–H and O–H groups in total. The molecule has 0 unspecified atom stereocenters. The Morgan fingerprint density at radius 1 is 1.25 bits per heavy atom. The van der Waals surface area contributed by atoms with Crippen molar-refractivity contribution in [2.24, 2.45) is 0 Å². The van der Waals surface area contributed by atoms with E-state index in [4.69, 9.17) is 4.74 Å². The first-order chi connectivity index (χ1) is 15.2. The van der Waals surface area contributed by atoms with Crippen molar-refractivity contribution in [1.82, 2.24) is 20.5 Å². The molecule has 8 nitrogen and oxygen atoms in total. The van der Waals surface area contributed by atoms with Crippen LogP contribution in [0.1, 0.15) is 37.9 Å². The molecule has 32 heavy (non-hydrogen) atoms. The molecular formula is C23H30N4O4S. The highest BCUT2D eigenvalue weighted by Gasteiger charge is 2.41. The zero-order valence-electron chi connectivity index (χ0n) is 18.9. The van der Waals surface area contributed by atoms with Gasteiger partial charge in [-0.15, -0.1) is 11.3 Å². The molecule has 3 rings (SSSR count). The molecule has 1 fully saturated rings. The Hall–Kier alpha value is -2.78. The molecule has 0 aliphatic carbocycles. The second-order valence-electron chi connectivity index (χ2n) is 8.44. The number of carbonyl (C=O) groups is 3. The van der Waals surface area contributed by atoms with Crippen LogP contribution in [0.15, 0.2) is 29.8 Å². The Morgan fingerprint density at radius 2 is 1.97 bits per heavy atom. The van der Waals surface area contributed by atoms with Crippen LogP contribution in [0.5, 0.6) is 0 Å². The first kappa shape index (κ1) is 23.9. The van der Waals surface area contributed by atoms with Gasteiger partial charge in [-0.2, -0.15) is 0 Å². The number of nitrogens with one attached hydrogen (secondary N) is 2. The maximum atomic E-state index is 13.1. The van der Waals surface area contributed by atoms with Crippen LogP contribution in [0.25, 0.3) is 10.4 Å². The number of rotatable bonds is 8. The lowest BCUT2D eigenvalue weighted by molar-refractivity contribution is -0.145. The topological polar surface area (TPSA) is 101 Å². The molecule has 0 spiro atoms. The van der Waals surface area contributed by atoms with Crippen LogP contribution in [0, 0.1) is 6.92 Å². The summed E-state index contributed by atoms with van der Waals surface area (Å²) in [4.78, 5) is 44.8. The van der Waals surface area contributed by atoms with Crippen molar-refractivity contribution in [3.05, 3.63) is 41.0 Å². The monoisotopic (exact) mass is 458 g/mol. The summed E-state index contributed by atoms with van der Waals surface area (Å²) in [6.45, 7) is 6.02. The van der Waals surface area contributed by atoms with Crippen LogP contribution in [0.2, 0.25) is 0 Å². The molecule has 1 saturated heterocycles. The number of hydrogen-bond acceptors (Lipinski definition) is 6. The van der Waals surface area contributed by atoms with Gasteiger partial charge in [-0.25, -0.2) is 4.98 Å². The molecule has 1 aromatic heterocycles. The van der Waals surface area contributed by atoms with Crippen molar-refractivity contribution < 1.29 is 19.1 Å². The SMILES string of the molecule is COCC(=O)NC(C)(C)C(=O)N1CCC[C@H]1C(=O)NCc1ccc(-c2scnc2C)cc1. The Bertz CT molecular complexity index is 971. The van der Waals surface area contributed by atoms with Gasteiger partial charge in [0.05, 0.1) is 16.1 Å². The number of carbonyl (C=O) groups excluding carboxylic acids is 3. The number of thiazole rings is 1. The van der Waals surface area contributed by atoms with E-state index in [1.54, 1.807) is 30.1 Å². The summed E-state index contributed by atoms with van der Waals surface area (Å²) < 4.78 is 4.82. The van der Waals surface area contributed by atoms with Crippen LogP contribution in [0.3, 0.4) is 0 Å². The van der Waals surface area contributed by atoms with Crippen LogP contribution < -0.4 is 10.6 Å². The van der Waals surface area contributed by atoms with Crippen molar-refractivity contribution in [2.45, 2.75) is 51.7 Å². The number of ether oxygens (including phenoxy) is 1. The fourth-order valence-electron chi connectivity index (χ4n) is 3.87. The van der Waals surface area contributed by atoms with E-state index in [2.05, 4.69) is 15.6 Å². The van der Waals surface area contributed by atoms with E-state index in [1.165, 1.54) is 7.11 Å². The van der Waals surface area contributed by atoms with Crippen molar-refractivity contribution in [3.63, 3.8) is 0 Å². The van der Waals surface area contributed by atoms with Crippen molar-refractivity contribution in [1.29, 1.82) is 0 Å². The predicted octanol–water partition coefficient (Wildman–Crippen LogP) is 2.27. The molecule has 1 aliphatic heterocycles. The summed E-state index contributed by atoms with van der Waals surface area (Å²) in [6, 6.07) is 7.49. The number of amides is 3. The first-order valence-electron chi connectivity index (χ1n) is 10.6. The van der Waals surface area contributed by atoms with Gasteiger partial charge in [-0.3, -0.25) is 14.4 Å². The summed E-state index contributed by atoms with van der Waals surface area (Å²) in [6.07, 6.45) is 1.35. The third-order valence-electron chi connectivity index (χ3n) is 5.51. The van der Waals surface area contributed by atoms with Crippen molar-refractivity contribution >= 4 is 29.1 Å². The smallest absolute Gasteiger partial charge is 0.248 e. The van der Waals surface area contributed by atoms with E-state index >= 15 is 0 Å². The minimum Gasteiger partial charge on any atom is -0.375 e. The third-order valence-corrected chi connectivity index (χ3v) is 6.48. The maximum Gasteiger partial charge on any atom is 0.248 e. The lowest BCUT2D eigenvalue weighted by atomic mass is 10.0. The molecule has 0 saturated carbocycles. The standard InChI is InChI=1S/C23H30N4O4S/c1-15-20(32-14-25-15)17-9-7-16(8-10-17)12-24-21(29)18-6-5-11-27(18)22(30)23(2,3)26-19(28)13-31-4/h7-10,14,18H,5-6,11-13H2,1-4H3,(H,24,29)(H,26,28)/t18-/m0/s1. The Balaban J connectivity index is 1.59. The quantitative estimate of drug-likeness (QED) is 0.632. The number of nitrogens with zero attached hydrogens (tertiary/aromatic N) is 2. The van der Waals surface area contributed by atoms with Gasteiger partial charge >= 0.3 is 0 Å². The van der Waals surface area contributed by atoms with Gasteiger partial charge in [0, 0.05) is 20.2 Å². The zero-order chi connectivity index (χ0) is 23.3. The fraction of sp³-hybridized carbons (Fsp3) is 0.478. The molecule has 172 valence electrons. The van der Waals surface area contributed by atoms with Crippen LogP contribution in [-0.4, -0.2) is 59.4 Å². The zero-order valence-corrected chi connectivity index (χ0v) is 19.8. The number of hydrogen-bond donors (Lipinski definition) is 2. The third kappa shape index (κ3) is 5.52. The summed E-state index contributed by atoms with van der Waals surface area (Å²) in [5.41, 5.74) is 3.79. The number of aromatic nitrogens is 1. The largest absolute Gasteiger partial charge is 0.375 e. The summed E-state index contributed by atoms with van der Waals surface area (Å²) in [5, 5.41) is 5.64.